The van der Waals surface area contributed by atoms with Crippen molar-refractivity contribution < 1.29 is 38.3 Å². The number of aliphatic hydroxyl groups is 1. The quantitative estimate of drug-likeness (QED) is 0.0424. The van der Waals surface area contributed by atoms with Crippen LogP contribution >= 0.6 is 7.82 Å². The van der Waals surface area contributed by atoms with Crippen LogP contribution in [0.3, 0.4) is 0 Å². The number of rotatable bonds is 12. The highest BCUT2D eigenvalue weighted by atomic mass is 31.2. The number of phosphoric acid groups is 1. The molecule has 1 aliphatic heterocycles. The van der Waals surface area contributed by atoms with E-state index in [4.69, 9.17) is 10.5 Å². The smallest absolute Gasteiger partial charge is 0.394 e. The van der Waals surface area contributed by atoms with Gasteiger partial charge >= 0.3 is 13.5 Å². The normalized spacial score (nSPS) is 18.2. The molecule has 6 rings (SSSR count). The Kier molecular flexibility index (Phi) is 10.7. The highest BCUT2D eigenvalue weighted by Gasteiger charge is 2.40. The van der Waals surface area contributed by atoms with E-state index in [1.54, 1.807) is 6.07 Å². The molecule has 4 aromatic carbocycles. The lowest BCUT2D eigenvalue weighted by Gasteiger charge is -2.19. The first-order valence-electron chi connectivity index (χ1n) is 16.3. The van der Waals surface area contributed by atoms with E-state index in [0.29, 0.717) is 31.4 Å². The van der Waals surface area contributed by atoms with Crippen LogP contribution in [0, 0.1) is 11.8 Å². The molecule has 2 heterocycles. The molecule has 0 saturated carbocycles. The summed E-state index contributed by atoms with van der Waals surface area (Å²) in [4.78, 5) is 72.5. The average Bonchev–Trinajstić information content (AvgIpc) is 3.50. The van der Waals surface area contributed by atoms with Gasteiger partial charge in [-0.2, -0.15) is 0 Å². The number of nitrogens with zero attached hydrogens (tertiary/aromatic N) is 1. The number of H-pyrrole nitrogens is 1. The SMILES string of the molecule is NCCCC[C@H](NC(=O)c1ccc2ccc3cccc4ccc1c2c34)C(=O)NCC#Cc1cn([C@H]2C[C@H](OP(=O)(O)O)[C@@H](CO)O2)c(=O)[nH]c1=O. The topological polar surface area (TPSA) is 235 Å². The summed E-state index contributed by atoms with van der Waals surface area (Å²) in [5, 5.41) is 21.1. The van der Waals surface area contributed by atoms with Gasteiger partial charge in [0.05, 0.1) is 13.2 Å². The van der Waals surface area contributed by atoms with Crippen LogP contribution in [0.5, 0.6) is 0 Å². The first-order valence-corrected chi connectivity index (χ1v) is 17.8. The second-order valence-corrected chi connectivity index (χ2v) is 13.4. The first kappa shape index (κ1) is 35.9. The highest BCUT2D eigenvalue weighted by molar-refractivity contribution is 7.46. The maximum absolute atomic E-state index is 13.7. The van der Waals surface area contributed by atoms with Gasteiger partial charge in [0, 0.05) is 18.2 Å². The van der Waals surface area contributed by atoms with Crippen molar-refractivity contribution in [1.29, 1.82) is 0 Å². The van der Waals surface area contributed by atoms with Crippen molar-refractivity contribution in [1.82, 2.24) is 20.2 Å². The maximum atomic E-state index is 13.7. The number of aliphatic hydroxyl groups excluding tert-OH is 1. The third-order valence-corrected chi connectivity index (χ3v) is 9.37. The molecule has 51 heavy (non-hydrogen) atoms. The van der Waals surface area contributed by atoms with Crippen LogP contribution in [0.25, 0.3) is 32.3 Å². The molecule has 1 aliphatic rings. The molecule has 16 heteroatoms. The number of ether oxygens (including phenoxy) is 1. The maximum Gasteiger partial charge on any atom is 0.469 e. The Morgan fingerprint density at radius 1 is 1.06 bits per heavy atom. The van der Waals surface area contributed by atoms with E-state index in [2.05, 4.69) is 38.0 Å². The largest absolute Gasteiger partial charge is 0.469 e. The minimum absolute atomic E-state index is 0.158. The summed E-state index contributed by atoms with van der Waals surface area (Å²) in [5.41, 5.74) is 4.26. The Bertz CT molecular complexity index is 2310. The third-order valence-electron chi connectivity index (χ3n) is 8.83. The van der Waals surface area contributed by atoms with Gasteiger partial charge < -0.3 is 36.0 Å². The van der Waals surface area contributed by atoms with Crippen LogP contribution in [-0.2, 0) is 18.6 Å². The molecule has 4 atom stereocenters. The van der Waals surface area contributed by atoms with Crippen LogP contribution in [-0.4, -0.2) is 74.2 Å². The van der Waals surface area contributed by atoms with Gasteiger partial charge in [-0.3, -0.25) is 28.5 Å². The number of hydrogen-bond acceptors (Lipinski definition) is 9. The van der Waals surface area contributed by atoms with Crippen LogP contribution in [0.1, 0.15) is 47.8 Å². The Morgan fingerprint density at radius 3 is 2.47 bits per heavy atom. The number of hydrogen-bond donors (Lipinski definition) is 7. The van der Waals surface area contributed by atoms with Crippen molar-refractivity contribution in [2.45, 2.75) is 50.2 Å². The molecular formula is C35H36N5O10P. The summed E-state index contributed by atoms with van der Waals surface area (Å²) in [5.74, 6) is 4.38. The Balaban J connectivity index is 1.16. The number of carbonyl (C=O) groups is 2. The molecule has 5 aromatic rings. The zero-order chi connectivity index (χ0) is 36.3. The van der Waals surface area contributed by atoms with Crippen LogP contribution < -0.4 is 27.6 Å². The minimum Gasteiger partial charge on any atom is -0.394 e. The summed E-state index contributed by atoms with van der Waals surface area (Å²) in [6, 6.07) is 16.8. The van der Waals surface area contributed by atoms with Gasteiger partial charge in [-0.1, -0.05) is 60.4 Å². The number of amides is 2. The molecule has 1 saturated heterocycles. The van der Waals surface area contributed by atoms with Gasteiger partial charge in [-0.15, -0.1) is 0 Å². The number of unbranched alkanes of at least 4 members (excludes halogenated alkanes) is 1. The Labute approximate surface area is 290 Å². The predicted octanol–water partition coefficient (Wildman–Crippen LogP) is 1.59. The van der Waals surface area contributed by atoms with E-state index in [9.17, 15) is 38.6 Å². The number of benzene rings is 4. The molecule has 8 N–H and O–H groups in total. The minimum atomic E-state index is -4.92. The molecule has 0 radical (unpaired) electrons. The van der Waals surface area contributed by atoms with Crippen LogP contribution in [0.15, 0.2) is 70.4 Å². The van der Waals surface area contributed by atoms with Gasteiger partial charge in [0.2, 0.25) is 5.91 Å². The van der Waals surface area contributed by atoms with E-state index in [-0.39, 0.29) is 18.5 Å². The molecule has 0 bridgehead atoms. The van der Waals surface area contributed by atoms with Crippen molar-refractivity contribution in [2.75, 3.05) is 19.7 Å². The second kappa shape index (κ2) is 15.1. The predicted molar refractivity (Wildman–Crippen MR) is 188 cm³/mol. The zero-order valence-electron chi connectivity index (χ0n) is 27.2. The van der Waals surface area contributed by atoms with Crippen molar-refractivity contribution >= 4 is 52.0 Å². The van der Waals surface area contributed by atoms with Gasteiger partial charge in [0.25, 0.3) is 11.5 Å². The van der Waals surface area contributed by atoms with Crippen molar-refractivity contribution in [3.05, 3.63) is 92.8 Å². The average molecular weight is 718 g/mol. The molecule has 1 aromatic heterocycles. The Hall–Kier alpha value is -4.91. The summed E-state index contributed by atoms with van der Waals surface area (Å²) >= 11 is 0. The monoisotopic (exact) mass is 717 g/mol. The summed E-state index contributed by atoms with van der Waals surface area (Å²) in [6.07, 6.45) is -1.05. The zero-order valence-corrected chi connectivity index (χ0v) is 28.1. The van der Waals surface area contributed by atoms with Gasteiger partial charge in [-0.05, 0) is 64.2 Å². The van der Waals surface area contributed by atoms with Gasteiger partial charge in [0.1, 0.15) is 30.0 Å². The standard InChI is InChI=1S/C35H36N5O10P/c36-15-2-1-8-26(38-33(43)25-14-12-22-10-9-20-5-3-6-21-11-13-24(25)31(22)30(20)21)34(44)37-16-4-7-23-18-40(35(45)39-32(23)42)29-17-27(28(19-41)49-29)50-51(46,47)48/h3,5-6,9-14,18,26-29,41H,1-2,8,15-17,19,36H2,(H,37,44)(H,38,43)(H,39,42,45)(H2,46,47,48)/t26-,27-,28+,29+/m0/s1. The van der Waals surface area contributed by atoms with Crippen molar-refractivity contribution in [3.63, 3.8) is 0 Å². The van der Waals surface area contributed by atoms with Gasteiger partial charge in [-0.25, -0.2) is 9.36 Å². The molecule has 0 unspecified atom stereocenters. The lowest BCUT2D eigenvalue weighted by molar-refractivity contribution is -0.122. The van der Waals surface area contributed by atoms with E-state index >= 15 is 0 Å². The molecule has 1 fully saturated rings. The number of carbonyl (C=O) groups excluding carboxylic acids is 2. The van der Waals surface area contributed by atoms with E-state index in [0.717, 1.165) is 43.1 Å². The molecular weight excluding hydrogens is 681 g/mol. The third kappa shape index (κ3) is 7.88. The summed E-state index contributed by atoms with van der Waals surface area (Å²) in [6.45, 7) is -0.425. The number of aromatic nitrogens is 2. The fourth-order valence-corrected chi connectivity index (χ4v) is 7.01. The van der Waals surface area contributed by atoms with Crippen LogP contribution in [0.2, 0.25) is 0 Å². The number of aromatic amines is 1. The lowest BCUT2D eigenvalue weighted by Crippen LogP contribution is -2.47. The molecule has 0 aliphatic carbocycles. The van der Waals surface area contributed by atoms with Crippen molar-refractivity contribution in [3.8, 4) is 11.8 Å². The van der Waals surface area contributed by atoms with Crippen LogP contribution in [0.4, 0.5) is 0 Å². The van der Waals surface area contributed by atoms with E-state index in [1.807, 2.05) is 42.5 Å². The summed E-state index contributed by atoms with van der Waals surface area (Å²) < 4.78 is 22.5. The van der Waals surface area contributed by atoms with Gasteiger partial charge in [0.15, 0.2) is 0 Å². The fourth-order valence-electron chi connectivity index (χ4n) is 6.44. The molecule has 2 amide bonds. The highest BCUT2D eigenvalue weighted by Crippen LogP contribution is 2.43. The fraction of sp³-hybridized carbons (Fsp3) is 0.314. The second-order valence-electron chi connectivity index (χ2n) is 12.2. The summed E-state index contributed by atoms with van der Waals surface area (Å²) in [7, 11) is -4.92. The molecule has 266 valence electrons. The van der Waals surface area contributed by atoms with Crippen molar-refractivity contribution in [2.24, 2.45) is 5.73 Å². The first-order chi connectivity index (χ1) is 24.5. The molecule has 15 nitrogen and oxygen atoms in total. The van der Waals surface area contributed by atoms with E-state index < -0.39 is 62.0 Å². The van der Waals surface area contributed by atoms with E-state index in [1.165, 1.54) is 0 Å². The lowest BCUT2D eigenvalue weighted by atomic mass is 9.91. The Morgan fingerprint density at radius 2 is 1.76 bits per heavy atom. The molecule has 0 spiro atoms. The number of nitrogens with two attached hydrogens (primary N) is 1. The number of nitrogens with one attached hydrogen (secondary N) is 3. The number of phosphoric ester groups is 1.